The Hall–Kier alpha value is -3.02. The Labute approximate surface area is 164 Å². The quantitative estimate of drug-likeness (QED) is 0.647. The van der Waals surface area contributed by atoms with Crippen molar-refractivity contribution in [3.8, 4) is 11.5 Å². The zero-order chi connectivity index (χ0) is 19.5. The zero-order valence-corrected chi connectivity index (χ0v) is 16.2. The lowest BCUT2D eigenvalue weighted by molar-refractivity contribution is -0.122. The van der Waals surface area contributed by atoms with Crippen molar-refractivity contribution in [1.29, 1.82) is 0 Å². The number of aromatic amines is 1. The second kappa shape index (κ2) is 7.92. The minimum Gasteiger partial charge on any atom is -0.454 e. The van der Waals surface area contributed by atoms with Crippen LogP contribution in [0, 0.1) is 5.92 Å². The third-order valence-corrected chi connectivity index (χ3v) is 5.31. The molecule has 2 aromatic carbocycles. The van der Waals surface area contributed by atoms with Gasteiger partial charge in [0.05, 0.1) is 17.1 Å². The van der Waals surface area contributed by atoms with E-state index in [1.54, 1.807) is 0 Å². The Morgan fingerprint density at radius 1 is 1.21 bits per heavy atom. The van der Waals surface area contributed by atoms with E-state index in [-0.39, 0.29) is 24.7 Å². The van der Waals surface area contributed by atoms with Gasteiger partial charge in [-0.3, -0.25) is 4.79 Å². The van der Waals surface area contributed by atoms with Gasteiger partial charge in [0, 0.05) is 6.42 Å². The number of aryl methyl sites for hydroxylation is 1. The van der Waals surface area contributed by atoms with Crippen molar-refractivity contribution in [2.75, 3.05) is 6.79 Å². The van der Waals surface area contributed by atoms with Crippen LogP contribution in [-0.4, -0.2) is 22.7 Å². The molecule has 0 radical (unpaired) electrons. The SMILES string of the molecule is CCC(C)C(NC(=O)CCc1ccc2c(c1)OCO2)c1nc2ccccc2[nH]1. The third kappa shape index (κ3) is 3.81. The Morgan fingerprint density at radius 2 is 2.04 bits per heavy atom. The molecule has 2 heterocycles. The van der Waals surface area contributed by atoms with E-state index in [0.29, 0.717) is 12.8 Å². The lowest BCUT2D eigenvalue weighted by atomic mass is 9.98. The molecule has 0 fully saturated rings. The van der Waals surface area contributed by atoms with Gasteiger partial charge in [0.25, 0.3) is 0 Å². The standard InChI is InChI=1S/C22H25N3O3/c1-3-14(2)21(22-23-16-6-4-5-7-17(16)24-22)25-20(26)11-9-15-8-10-18-19(12-15)28-13-27-18/h4-8,10,12,14,21H,3,9,11,13H2,1-2H3,(H,23,24)(H,25,26). The lowest BCUT2D eigenvalue weighted by Gasteiger charge is -2.22. The maximum Gasteiger partial charge on any atom is 0.231 e. The first-order valence-corrected chi connectivity index (χ1v) is 9.76. The number of fused-ring (bicyclic) bond motifs is 2. The first kappa shape index (κ1) is 18.3. The molecular weight excluding hydrogens is 354 g/mol. The van der Waals surface area contributed by atoms with Crippen LogP contribution in [-0.2, 0) is 11.2 Å². The number of hydrogen-bond donors (Lipinski definition) is 2. The molecular formula is C22H25N3O3. The van der Waals surface area contributed by atoms with Gasteiger partial charge >= 0.3 is 0 Å². The van der Waals surface area contributed by atoms with Gasteiger partial charge in [0.1, 0.15) is 5.82 Å². The van der Waals surface area contributed by atoms with Crippen LogP contribution in [0.3, 0.4) is 0 Å². The molecule has 1 amide bonds. The van der Waals surface area contributed by atoms with Crippen LogP contribution in [0.25, 0.3) is 11.0 Å². The van der Waals surface area contributed by atoms with Gasteiger partial charge in [-0.2, -0.15) is 0 Å². The van der Waals surface area contributed by atoms with Crippen LogP contribution in [0.2, 0.25) is 0 Å². The van der Waals surface area contributed by atoms with E-state index in [4.69, 9.17) is 14.5 Å². The highest BCUT2D eigenvalue weighted by molar-refractivity contribution is 5.78. The van der Waals surface area contributed by atoms with E-state index in [2.05, 4.69) is 24.1 Å². The Balaban J connectivity index is 1.43. The molecule has 2 atom stereocenters. The Bertz CT molecular complexity index is 949. The van der Waals surface area contributed by atoms with Crippen LogP contribution < -0.4 is 14.8 Å². The normalized spacial score (nSPS) is 14.8. The largest absolute Gasteiger partial charge is 0.454 e. The van der Waals surface area contributed by atoms with Gasteiger partial charge in [-0.05, 0) is 42.2 Å². The molecule has 4 rings (SSSR count). The van der Waals surface area contributed by atoms with Gasteiger partial charge in [0.15, 0.2) is 11.5 Å². The average Bonchev–Trinajstić information content (AvgIpc) is 3.35. The average molecular weight is 379 g/mol. The number of nitrogens with one attached hydrogen (secondary N) is 2. The maximum atomic E-state index is 12.7. The number of H-pyrrole nitrogens is 1. The summed E-state index contributed by atoms with van der Waals surface area (Å²) in [5.74, 6) is 2.61. The summed E-state index contributed by atoms with van der Waals surface area (Å²) in [4.78, 5) is 20.7. The van der Waals surface area contributed by atoms with Crippen LogP contribution in [0.15, 0.2) is 42.5 Å². The summed E-state index contributed by atoms with van der Waals surface area (Å²) < 4.78 is 10.7. The van der Waals surface area contributed by atoms with Gasteiger partial charge in [-0.25, -0.2) is 4.98 Å². The number of para-hydroxylation sites is 2. The fourth-order valence-electron chi connectivity index (χ4n) is 3.44. The van der Waals surface area contributed by atoms with Gasteiger partial charge in [-0.1, -0.05) is 38.5 Å². The maximum absolute atomic E-state index is 12.7. The monoisotopic (exact) mass is 379 g/mol. The minimum absolute atomic E-state index is 0.0171. The number of aromatic nitrogens is 2. The van der Waals surface area contributed by atoms with Crippen molar-refractivity contribution in [3.63, 3.8) is 0 Å². The molecule has 0 saturated heterocycles. The highest BCUT2D eigenvalue weighted by Gasteiger charge is 2.23. The van der Waals surface area contributed by atoms with Gasteiger partial charge in [-0.15, -0.1) is 0 Å². The van der Waals surface area contributed by atoms with E-state index in [0.717, 1.165) is 40.3 Å². The second-order valence-electron chi connectivity index (χ2n) is 7.26. The first-order valence-electron chi connectivity index (χ1n) is 9.76. The molecule has 6 heteroatoms. The molecule has 3 aromatic rings. The summed E-state index contributed by atoms with van der Waals surface area (Å²) in [6.45, 7) is 4.52. The summed E-state index contributed by atoms with van der Waals surface area (Å²) in [5.41, 5.74) is 2.96. The summed E-state index contributed by atoms with van der Waals surface area (Å²) >= 11 is 0. The number of hydrogen-bond acceptors (Lipinski definition) is 4. The van der Waals surface area contributed by atoms with Crippen molar-refractivity contribution >= 4 is 16.9 Å². The van der Waals surface area contributed by atoms with Crippen LogP contribution >= 0.6 is 0 Å². The molecule has 0 spiro atoms. The lowest BCUT2D eigenvalue weighted by Crippen LogP contribution is -2.33. The molecule has 1 aliphatic heterocycles. The molecule has 1 aliphatic rings. The number of rotatable bonds is 7. The van der Waals surface area contributed by atoms with Gasteiger partial charge in [0.2, 0.25) is 12.7 Å². The molecule has 1 aromatic heterocycles. The number of carbonyl (C=O) groups excluding carboxylic acids is 1. The molecule has 0 saturated carbocycles. The molecule has 6 nitrogen and oxygen atoms in total. The third-order valence-electron chi connectivity index (χ3n) is 5.31. The van der Waals surface area contributed by atoms with E-state index < -0.39 is 0 Å². The fraction of sp³-hybridized carbons (Fsp3) is 0.364. The number of carbonyl (C=O) groups is 1. The molecule has 2 N–H and O–H groups in total. The van der Waals surface area contributed by atoms with Crippen molar-refractivity contribution in [1.82, 2.24) is 15.3 Å². The topological polar surface area (TPSA) is 76.2 Å². The van der Waals surface area contributed by atoms with Crippen LogP contribution in [0.5, 0.6) is 11.5 Å². The zero-order valence-electron chi connectivity index (χ0n) is 16.2. The van der Waals surface area contributed by atoms with Crippen molar-refractivity contribution < 1.29 is 14.3 Å². The molecule has 28 heavy (non-hydrogen) atoms. The first-order chi connectivity index (χ1) is 13.6. The highest BCUT2D eigenvalue weighted by atomic mass is 16.7. The molecule has 146 valence electrons. The molecule has 0 bridgehead atoms. The van der Waals surface area contributed by atoms with E-state index in [1.807, 2.05) is 42.5 Å². The second-order valence-corrected chi connectivity index (χ2v) is 7.26. The molecule has 2 unspecified atom stereocenters. The number of benzene rings is 2. The number of ether oxygens (including phenoxy) is 2. The van der Waals surface area contributed by atoms with Crippen LogP contribution in [0.4, 0.5) is 0 Å². The van der Waals surface area contributed by atoms with E-state index in [1.165, 1.54) is 0 Å². The predicted molar refractivity (Wildman–Crippen MR) is 107 cm³/mol. The van der Waals surface area contributed by atoms with E-state index in [9.17, 15) is 4.79 Å². The van der Waals surface area contributed by atoms with Crippen LogP contribution in [0.1, 0.15) is 44.1 Å². The van der Waals surface area contributed by atoms with Crippen molar-refractivity contribution in [2.45, 2.75) is 39.2 Å². The van der Waals surface area contributed by atoms with Crippen molar-refractivity contribution in [3.05, 3.63) is 53.9 Å². The Kier molecular flexibility index (Phi) is 5.19. The van der Waals surface area contributed by atoms with Crippen molar-refractivity contribution in [2.24, 2.45) is 5.92 Å². The highest BCUT2D eigenvalue weighted by Crippen LogP contribution is 2.33. The fourth-order valence-corrected chi connectivity index (χ4v) is 3.44. The summed E-state index contributed by atoms with van der Waals surface area (Å²) in [6, 6.07) is 13.6. The number of nitrogens with zero attached hydrogens (tertiary/aromatic N) is 1. The Morgan fingerprint density at radius 3 is 2.86 bits per heavy atom. The summed E-state index contributed by atoms with van der Waals surface area (Å²) in [5, 5.41) is 3.18. The minimum atomic E-state index is -0.137. The number of imidazole rings is 1. The summed E-state index contributed by atoms with van der Waals surface area (Å²) in [7, 11) is 0. The predicted octanol–water partition coefficient (Wildman–Crippen LogP) is 4.13. The summed E-state index contributed by atoms with van der Waals surface area (Å²) in [6.07, 6.45) is 2.01. The molecule has 0 aliphatic carbocycles. The smallest absolute Gasteiger partial charge is 0.231 e. The number of amides is 1. The van der Waals surface area contributed by atoms with Gasteiger partial charge < -0.3 is 19.8 Å². The van der Waals surface area contributed by atoms with E-state index >= 15 is 0 Å².